The first-order valence-corrected chi connectivity index (χ1v) is 5.62. The van der Waals surface area contributed by atoms with Crippen LogP contribution in [0, 0.1) is 13.8 Å². The van der Waals surface area contributed by atoms with E-state index >= 15 is 0 Å². The zero-order valence-corrected chi connectivity index (χ0v) is 9.88. The minimum absolute atomic E-state index is 0.944. The van der Waals surface area contributed by atoms with Crippen LogP contribution in [0.2, 0.25) is 0 Å². The van der Waals surface area contributed by atoms with E-state index in [1.54, 1.807) is 0 Å². The van der Waals surface area contributed by atoms with Crippen molar-refractivity contribution in [2.45, 2.75) is 13.8 Å². The predicted molar refractivity (Wildman–Crippen MR) is 68.3 cm³/mol. The fourth-order valence-electron chi connectivity index (χ4n) is 1.89. The van der Waals surface area contributed by atoms with Gasteiger partial charge in [0.2, 0.25) is 0 Å². The van der Waals surface area contributed by atoms with E-state index in [1.165, 1.54) is 0 Å². The fraction of sp³-hybridized carbons (Fsp3) is 0.143. The molecule has 3 rings (SSSR count). The molecule has 0 aliphatic carbocycles. The molecule has 0 saturated carbocycles. The average molecular weight is 223 g/mol. The summed E-state index contributed by atoms with van der Waals surface area (Å²) in [5.41, 5.74) is 4.98. The molecular weight excluding hydrogens is 210 g/mol. The molecule has 0 spiro atoms. The van der Waals surface area contributed by atoms with Gasteiger partial charge in [0.05, 0.1) is 22.4 Å². The first kappa shape index (κ1) is 10.0. The molecule has 3 heteroatoms. The van der Waals surface area contributed by atoms with Crippen LogP contribution >= 0.6 is 0 Å². The van der Waals surface area contributed by atoms with Crippen LogP contribution in [0.3, 0.4) is 0 Å². The van der Waals surface area contributed by atoms with Gasteiger partial charge in [-0.05, 0) is 44.2 Å². The molecule has 0 fully saturated rings. The minimum Gasteiger partial charge on any atom is -0.324 e. The van der Waals surface area contributed by atoms with Gasteiger partial charge in [0.15, 0.2) is 0 Å². The zero-order valence-electron chi connectivity index (χ0n) is 9.88. The lowest BCUT2D eigenvalue weighted by Crippen LogP contribution is -1.95. The maximum Gasteiger partial charge on any atom is 0.0911 e. The second kappa shape index (κ2) is 3.70. The van der Waals surface area contributed by atoms with Crippen LogP contribution in [0.5, 0.6) is 0 Å². The number of aryl methyl sites for hydroxylation is 2. The highest BCUT2D eigenvalue weighted by atomic mass is 14.9. The number of benzene rings is 1. The lowest BCUT2D eigenvalue weighted by molar-refractivity contribution is 1.07. The van der Waals surface area contributed by atoms with Crippen LogP contribution in [0.15, 0.2) is 42.7 Å². The molecule has 0 amide bonds. The fourth-order valence-corrected chi connectivity index (χ4v) is 1.89. The molecule has 2 aromatic heterocycles. The monoisotopic (exact) mass is 223 g/mol. The van der Waals surface area contributed by atoms with Crippen molar-refractivity contribution in [2.75, 3.05) is 0 Å². The highest BCUT2D eigenvalue weighted by Crippen LogP contribution is 2.17. The molecule has 0 bridgehead atoms. The van der Waals surface area contributed by atoms with E-state index in [2.05, 4.69) is 26.7 Å². The quantitative estimate of drug-likeness (QED) is 0.634. The van der Waals surface area contributed by atoms with Crippen LogP contribution in [-0.2, 0) is 0 Å². The Morgan fingerprint density at radius 1 is 0.882 bits per heavy atom. The Hall–Kier alpha value is -2.16. The smallest absolute Gasteiger partial charge is 0.0911 e. The molecule has 0 saturated heterocycles. The van der Waals surface area contributed by atoms with E-state index in [0.717, 1.165) is 28.1 Å². The lowest BCUT2D eigenvalue weighted by Gasteiger charge is -2.06. The molecular formula is C14H13N3. The third kappa shape index (κ3) is 1.69. The lowest BCUT2D eigenvalue weighted by atomic mass is 10.2. The molecule has 1 aromatic carbocycles. The normalized spacial score (nSPS) is 10.9. The van der Waals surface area contributed by atoms with Crippen LogP contribution < -0.4 is 0 Å². The SMILES string of the molecule is Cc1nc2ccc(-n3cccc3)cc2nc1C. The highest BCUT2D eigenvalue weighted by Gasteiger charge is 2.03. The molecule has 3 nitrogen and oxygen atoms in total. The summed E-state index contributed by atoms with van der Waals surface area (Å²) >= 11 is 0. The third-order valence-corrected chi connectivity index (χ3v) is 2.96. The maximum atomic E-state index is 4.57. The van der Waals surface area contributed by atoms with Gasteiger partial charge in [0.25, 0.3) is 0 Å². The van der Waals surface area contributed by atoms with Crippen LogP contribution in [0.1, 0.15) is 11.4 Å². The van der Waals surface area contributed by atoms with E-state index in [4.69, 9.17) is 0 Å². The standard InChI is InChI=1S/C14H13N3/c1-10-11(2)16-14-9-12(5-6-13(14)15-10)17-7-3-4-8-17/h3-9H,1-2H3. The summed E-state index contributed by atoms with van der Waals surface area (Å²) in [6.45, 7) is 3.98. The van der Waals surface area contributed by atoms with Gasteiger partial charge < -0.3 is 4.57 Å². The van der Waals surface area contributed by atoms with Crippen molar-refractivity contribution in [2.24, 2.45) is 0 Å². The number of aromatic nitrogens is 3. The van der Waals surface area contributed by atoms with E-state index in [-0.39, 0.29) is 0 Å². The summed E-state index contributed by atoms with van der Waals surface area (Å²) < 4.78 is 2.07. The van der Waals surface area contributed by atoms with Gasteiger partial charge in [-0.3, -0.25) is 0 Å². The number of hydrogen-bond donors (Lipinski definition) is 0. The molecule has 0 aliphatic rings. The van der Waals surface area contributed by atoms with Crippen molar-refractivity contribution in [3.05, 3.63) is 54.1 Å². The Morgan fingerprint density at radius 3 is 2.24 bits per heavy atom. The molecule has 0 unspecified atom stereocenters. The van der Waals surface area contributed by atoms with Gasteiger partial charge in [0, 0.05) is 18.1 Å². The Balaban J connectivity index is 2.22. The Morgan fingerprint density at radius 2 is 1.53 bits per heavy atom. The van der Waals surface area contributed by atoms with Crippen LogP contribution in [-0.4, -0.2) is 14.5 Å². The first-order valence-electron chi connectivity index (χ1n) is 5.62. The topological polar surface area (TPSA) is 30.7 Å². The number of hydrogen-bond acceptors (Lipinski definition) is 2. The molecule has 3 aromatic rings. The number of rotatable bonds is 1. The van der Waals surface area contributed by atoms with Crippen molar-refractivity contribution in [1.82, 2.24) is 14.5 Å². The van der Waals surface area contributed by atoms with E-state index in [1.807, 2.05) is 44.4 Å². The summed E-state index contributed by atoms with van der Waals surface area (Å²) in [5, 5.41) is 0. The molecule has 0 radical (unpaired) electrons. The number of nitrogens with zero attached hydrogens (tertiary/aromatic N) is 3. The van der Waals surface area contributed by atoms with Gasteiger partial charge in [-0.15, -0.1) is 0 Å². The summed E-state index contributed by atoms with van der Waals surface area (Å²) in [6.07, 6.45) is 4.05. The summed E-state index contributed by atoms with van der Waals surface area (Å²) in [5.74, 6) is 0. The van der Waals surface area contributed by atoms with Crippen molar-refractivity contribution in [3.8, 4) is 5.69 Å². The average Bonchev–Trinajstić information content (AvgIpc) is 2.83. The van der Waals surface area contributed by atoms with Gasteiger partial charge in [-0.25, -0.2) is 9.97 Å². The Kier molecular flexibility index (Phi) is 2.18. The van der Waals surface area contributed by atoms with Crippen molar-refractivity contribution in [1.29, 1.82) is 0 Å². The van der Waals surface area contributed by atoms with Crippen LogP contribution in [0.25, 0.3) is 16.7 Å². The molecule has 0 N–H and O–H groups in total. The Labute approximate surface area is 99.8 Å². The minimum atomic E-state index is 0.944. The number of fused-ring (bicyclic) bond motifs is 1. The van der Waals surface area contributed by atoms with E-state index in [9.17, 15) is 0 Å². The van der Waals surface area contributed by atoms with Gasteiger partial charge in [-0.2, -0.15) is 0 Å². The largest absolute Gasteiger partial charge is 0.324 e. The Bertz CT molecular complexity index is 669. The molecule has 84 valence electrons. The molecule has 0 atom stereocenters. The summed E-state index contributed by atoms with van der Waals surface area (Å²) in [4.78, 5) is 9.10. The zero-order chi connectivity index (χ0) is 11.8. The van der Waals surface area contributed by atoms with Gasteiger partial charge >= 0.3 is 0 Å². The van der Waals surface area contributed by atoms with Crippen molar-refractivity contribution >= 4 is 11.0 Å². The second-order valence-corrected chi connectivity index (χ2v) is 4.16. The third-order valence-electron chi connectivity index (χ3n) is 2.96. The van der Waals surface area contributed by atoms with Crippen LogP contribution in [0.4, 0.5) is 0 Å². The van der Waals surface area contributed by atoms with Crippen molar-refractivity contribution < 1.29 is 0 Å². The molecule has 17 heavy (non-hydrogen) atoms. The maximum absolute atomic E-state index is 4.57. The molecule has 2 heterocycles. The summed E-state index contributed by atoms with van der Waals surface area (Å²) in [7, 11) is 0. The summed E-state index contributed by atoms with van der Waals surface area (Å²) in [6, 6.07) is 10.2. The van der Waals surface area contributed by atoms with E-state index in [0.29, 0.717) is 0 Å². The highest BCUT2D eigenvalue weighted by molar-refractivity contribution is 5.77. The predicted octanol–water partition coefficient (Wildman–Crippen LogP) is 3.04. The second-order valence-electron chi connectivity index (χ2n) is 4.16. The van der Waals surface area contributed by atoms with Gasteiger partial charge in [-0.1, -0.05) is 0 Å². The first-order chi connectivity index (χ1) is 8.24. The van der Waals surface area contributed by atoms with Gasteiger partial charge in [0.1, 0.15) is 0 Å². The van der Waals surface area contributed by atoms with Crippen molar-refractivity contribution in [3.63, 3.8) is 0 Å². The molecule has 0 aliphatic heterocycles. The van der Waals surface area contributed by atoms with E-state index < -0.39 is 0 Å².